The maximum Gasteiger partial charge on any atom is 0.179 e. The summed E-state index contributed by atoms with van der Waals surface area (Å²) < 4.78 is 0. The van der Waals surface area contributed by atoms with Gasteiger partial charge in [0.25, 0.3) is 0 Å². The van der Waals surface area contributed by atoms with Gasteiger partial charge in [-0.15, -0.1) is 0 Å². The molecule has 4 unspecified atom stereocenters. The number of para-hydroxylation sites is 6. The molecule has 0 saturated carbocycles. The Kier molecular flexibility index (Phi) is 13.9. The van der Waals surface area contributed by atoms with Gasteiger partial charge < -0.3 is 29.4 Å². The number of anilines is 16. The highest BCUT2D eigenvalue weighted by molar-refractivity contribution is 5.90. The Labute approximate surface area is 545 Å². The van der Waals surface area contributed by atoms with Crippen molar-refractivity contribution in [1.82, 2.24) is 49.8 Å². The average molecular weight is 1230 g/mol. The van der Waals surface area contributed by atoms with Crippen LogP contribution in [0.2, 0.25) is 0 Å². The summed E-state index contributed by atoms with van der Waals surface area (Å²) in [5.41, 5.74) is 18.0. The molecule has 0 bridgehead atoms. The highest BCUT2D eigenvalue weighted by atomic mass is 15.5. The molecular formula is C76H66N18. The van der Waals surface area contributed by atoms with Gasteiger partial charge in [-0.1, -0.05) is 129 Å². The van der Waals surface area contributed by atoms with Crippen molar-refractivity contribution in [3.8, 4) is 0 Å². The molecule has 18 nitrogen and oxygen atoms in total. The topological polar surface area (TPSA) is 155 Å². The molecule has 4 atom stereocenters. The molecule has 20 rings (SSSR count). The SMILES string of the molecule is CCc1nc2c(nc1CC)N1c3ccccc3CC1N2c1ccccc1.Cc1nc2c(nc1C)N1c3ccccc3CC1N2c1ccccc1.c1ccc(N2c3nccnc3N3c4ccccc4CC23)nc1.c1cncc(N2c3nccnc3N3c4ccccc4CC23)c1. The van der Waals surface area contributed by atoms with E-state index in [0.717, 1.165) is 125 Å². The van der Waals surface area contributed by atoms with E-state index in [1.54, 1.807) is 31.0 Å². The van der Waals surface area contributed by atoms with Gasteiger partial charge in [-0.25, -0.2) is 44.9 Å². The largest absolute Gasteiger partial charge is 0.301 e. The molecule has 460 valence electrons. The average Bonchev–Trinajstić information content (AvgIpc) is 1.66. The Morgan fingerprint density at radius 2 is 0.638 bits per heavy atom. The van der Waals surface area contributed by atoms with Crippen molar-refractivity contribution in [2.75, 3.05) is 39.2 Å². The fraction of sp³-hybridized carbons (Fsp3) is 0.184. The van der Waals surface area contributed by atoms with E-state index in [1.165, 1.54) is 50.7 Å². The fourth-order valence-corrected chi connectivity index (χ4v) is 14.8. The number of nitrogens with zero attached hydrogens (tertiary/aromatic N) is 18. The monoisotopic (exact) mass is 1230 g/mol. The smallest absolute Gasteiger partial charge is 0.179 e. The number of pyridine rings is 2. The maximum absolute atomic E-state index is 5.08. The fourth-order valence-electron chi connectivity index (χ4n) is 14.8. The van der Waals surface area contributed by atoms with Gasteiger partial charge in [0.15, 0.2) is 46.5 Å². The zero-order chi connectivity index (χ0) is 63.0. The van der Waals surface area contributed by atoms with Crippen molar-refractivity contribution in [2.24, 2.45) is 0 Å². The van der Waals surface area contributed by atoms with Crippen molar-refractivity contribution < 1.29 is 0 Å². The molecule has 8 aliphatic heterocycles. The van der Waals surface area contributed by atoms with Crippen LogP contribution in [-0.4, -0.2) is 74.5 Å². The van der Waals surface area contributed by atoms with Gasteiger partial charge in [-0.05, 0) is 122 Å². The van der Waals surface area contributed by atoms with Crippen LogP contribution < -0.4 is 39.2 Å². The van der Waals surface area contributed by atoms with Crippen LogP contribution in [0.4, 0.5) is 92.2 Å². The quantitative estimate of drug-likeness (QED) is 0.155. The van der Waals surface area contributed by atoms with E-state index in [0.29, 0.717) is 0 Å². The zero-order valence-electron chi connectivity index (χ0n) is 52.5. The number of hydrogen-bond donors (Lipinski definition) is 0. The number of rotatable bonds is 6. The summed E-state index contributed by atoms with van der Waals surface area (Å²) in [6.07, 6.45) is 18.9. The standard InChI is InChI=1S/C22H22N4.C20H18N4.2C17H13N5/c1-3-17-18(4-2)24-22-21(23-17)25(16-11-6-5-7-12-16)20-14-15-10-8-9-13-19(15)26(20)22;1-13-14(2)22-20-19(21-13)23(16-9-4-3-5-10-16)18-12-15-8-6-7-11-17(15)24(18)20;1-2-6-13-12(5-1)11-15-21(13)16-17(20-10-9-19-16)22(15)14-7-3-4-8-18-14;1-2-6-14-12(4-1)10-15-21(13-5-3-7-18-11-13)16-17(22(14)15)20-9-8-19-16/h5-13,20H,3-4,14H2,1-2H3;3-11,18H,12H2,1-2H3;1-10,15H,11H2;1-9,11,15H,10H2. The predicted octanol–water partition coefficient (Wildman–Crippen LogP) is 15.1. The van der Waals surface area contributed by atoms with Crippen molar-refractivity contribution in [3.05, 3.63) is 276 Å². The van der Waals surface area contributed by atoms with Crippen molar-refractivity contribution >= 4 is 92.2 Å². The van der Waals surface area contributed by atoms with Gasteiger partial charge in [0, 0.05) is 97.0 Å². The molecule has 6 aromatic carbocycles. The Morgan fingerprint density at radius 3 is 1.05 bits per heavy atom. The lowest BCUT2D eigenvalue weighted by molar-refractivity contribution is 0.716. The van der Waals surface area contributed by atoms with Crippen molar-refractivity contribution in [3.63, 3.8) is 0 Å². The summed E-state index contributed by atoms with van der Waals surface area (Å²) in [4.78, 5) is 65.4. The van der Waals surface area contributed by atoms with Gasteiger partial charge in [-0.2, -0.15) is 0 Å². The van der Waals surface area contributed by atoms with Crippen LogP contribution in [0.25, 0.3) is 0 Å². The van der Waals surface area contributed by atoms with E-state index in [2.05, 4.69) is 241 Å². The van der Waals surface area contributed by atoms with E-state index >= 15 is 0 Å². The van der Waals surface area contributed by atoms with Crippen LogP contribution in [-0.2, 0) is 38.5 Å². The lowest BCUT2D eigenvalue weighted by Crippen LogP contribution is -2.36. The molecule has 0 fully saturated rings. The third-order valence-corrected chi connectivity index (χ3v) is 19.0. The number of aromatic nitrogens is 10. The molecule has 0 spiro atoms. The molecule has 0 radical (unpaired) electrons. The first-order valence-electron chi connectivity index (χ1n) is 32.4. The molecule has 18 heteroatoms. The maximum atomic E-state index is 5.08. The molecule has 14 heterocycles. The lowest BCUT2D eigenvalue weighted by Gasteiger charge is -2.26. The minimum Gasteiger partial charge on any atom is -0.301 e. The van der Waals surface area contributed by atoms with Crippen molar-refractivity contribution in [2.45, 2.75) is 90.9 Å². The summed E-state index contributed by atoms with van der Waals surface area (Å²) >= 11 is 0. The first kappa shape index (κ1) is 56.3. The normalized spacial score (nSPS) is 17.7. The number of hydrogen-bond acceptors (Lipinski definition) is 18. The van der Waals surface area contributed by atoms with Crippen LogP contribution in [0.1, 0.15) is 58.9 Å². The number of aryl methyl sites for hydroxylation is 4. The molecule has 0 amide bonds. The minimum absolute atomic E-state index is 0.157. The molecule has 0 N–H and O–H groups in total. The van der Waals surface area contributed by atoms with Gasteiger partial charge in [0.05, 0.1) is 34.7 Å². The molecule has 94 heavy (non-hydrogen) atoms. The Hall–Kier alpha value is -11.7. The zero-order valence-corrected chi connectivity index (χ0v) is 52.5. The summed E-state index contributed by atoms with van der Waals surface area (Å²) in [5.74, 6) is 8.42. The van der Waals surface area contributed by atoms with E-state index in [1.807, 2.05) is 56.6 Å². The predicted molar refractivity (Wildman–Crippen MR) is 371 cm³/mol. The third-order valence-electron chi connectivity index (χ3n) is 19.0. The summed E-state index contributed by atoms with van der Waals surface area (Å²) in [6.45, 7) is 8.39. The van der Waals surface area contributed by atoms with Crippen LogP contribution in [0.3, 0.4) is 0 Å². The lowest BCUT2D eigenvalue weighted by atomic mass is 10.1. The molecule has 8 aliphatic rings. The molecule has 6 aromatic heterocycles. The second-order valence-electron chi connectivity index (χ2n) is 24.2. The van der Waals surface area contributed by atoms with Gasteiger partial charge in [0.1, 0.15) is 30.5 Å². The van der Waals surface area contributed by atoms with Crippen LogP contribution in [0.15, 0.2) is 231 Å². The first-order chi connectivity index (χ1) is 46.4. The Morgan fingerprint density at radius 1 is 0.298 bits per heavy atom. The van der Waals surface area contributed by atoms with Crippen LogP contribution in [0, 0.1) is 13.8 Å². The van der Waals surface area contributed by atoms with Crippen LogP contribution in [0.5, 0.6) is 0 Å². The summed E-state index contributed by atoms with van der Waals surface area (Å²) in [7, 11) is 0. The Bertz CT molecular complexity index is 4590. The summed E-state index contributed by atoms with van der Waals surface area (Å²) in [6, 6.07) is 65.3. The third kappa shape index (κ3) is 9.21. The highest BCUT2D eigenvalue weighted by Crippen LogP contribution is 2.55. The minimum atomic E-state index is 0.157. The second kappa shape index (κ2) is 23.2. The summed E-state index contributed by atoms with van der Waals surface area (Å²) in [5, 5.41) is 0. The molecule has 0 aliphatic carbocycles. The number of benzene rings is 6. The van der Waals surface area contributed by atoms with Gasteiger partial charge in [-0.3, -0.25) is 14.8 Å². The second-order valence-corrected chi connectivity index (χ2v) is 24.2. The van der Waals surface area contributed by atoms with E-state index in [4.69, 9.17) is 19.9 Å². The van der Waals surface area contributed by atoms with Gasteiger partial charge in [0.2, 0.25) is 0 Å². The van der Waals surface area contributed by atoms with Gasteiger partial charge >= 0.3 is 0 Å². The van der Waals surface area contributed by atoms with Crippen LogP contribution >= 0.6 is 0 Å². The van der Waals surface area contributed by atoms with E-state index in [9.17, 15) is 0 Å². The molecule has 0 saturated heterocycles. The first-order valence-corrected chi connectivity index (χ1v) is 32.4. The van der Waals surface area contributed by atoms with E-state index < -0.39 is 0 Å². The number of fused-ring (bicyclic) bond motifs is 20. The van der Waals surface area contributed by atoms with Crippen molar-refractivity contribution in [1.29, 1.82) is 0 Å². The Balaban J connectivity index is 0.0000000955. The molecule has 12 aromatic rings. The molecular weight excluding hydrogens is 1160 g/mol. The van der Waals surface area contributed by atoms with E-state index in [-0.39, 0.29) is 24.7 Å². The highest BCUT2D eigenvalue weighted by Gasteiger charge is 2.49.